The average Bonchev–Trinajstić information content (AvgIpc) is 3.49. The Balaban J connectivity index is 0.00000380. The van der Waals surface area contributed by atoms with Crippen LogP contribution < -0.4 is 20.5 Å². The average molecular weight is 546 g/mol. The van der Waals surface area contributed by atoms with Crippen LogP contribution >= 0.6 is 12.4 Å². The first-order chi connectivity index (χ1) is 17.2. The Kier molecular flexibility index (Phi) is 9.35. The molecule has 13 heteroatoms. The molecule has 1 aliphatic heterocycles. The number of hydrogen-bond acceptors (Lipinski definition) is 7. The number of nitrogens with one attached hydrogen (secondary N) is 1. The fraction of sp³-hybridized carbons (Fsp3) is 0.333. The third-order valence-electron chi connectivity index (χ3n) is 5.32. The van der Waals surface area contributed by atoms with Gasteiger partial charge >= 0.3 is 6.61 Å². The van der Waals surface area contributed by atoms with E-state index in [9.17, 15) is 22.4 Å². The van der Waals surface area contributed by atoms with Crippen LogP contribution in [0.15, 0.2) is 40.8 Å². The standard InChI is InChI=1S/C24H23F4N3O5.ClH/c1-12(29)21-20(22(32)30-10-14-2-4-15(25)9-17(14)26)31-23(36-21)13-3-5-18(35-24(27)28)19(8-13)34-16-6-7-33-11-16;/h2-5,8-9,12,16,24H,6-7,10-11,29H2,1H3,(H,30,32);1H/t12-,16?;/m0./s1. The Morgan fingerprint density at radius 1 is 1.22 bits per heavy atom. The minimum absolute atomic E-state index is 0. The van der Waals surface area contributed by atoms with Crippen LogP contribution in [-0.2, 0) is 11.3 Å². The Morgan fingerprint density at radius 3 is 2.65 bits per heavy atom. The predicted molar refractivity (Wildman–Crippen MR) is 126 cm³/mol. The first kappa shape index (κ1) is 28.2. The van der Waals surface area contributed by atoms with Crippen molar-refractivity contribution in [2.24, 2.45) is 5.73 Å². The highest BCUT2D eigenvalue weighted by Crippen LogP contribution is 2.36. The summed E-state index contributed by atoms with van der Waals surface area (Å²) in [5.74, 6) is -2.36. The van der Waals surface area contributed by atoms with Gasteiger partial charge in [-0.05, 0) is 31.2 Å². The number of carbonyl (C=O) groups excluding carboxylic acids is 1. The van der Waals surface area contributed by atoms with Crippen LogP contribution in [0.1, 0.15) is 41.2 Å². The van der Waals surface area contributed by atoms with Crippen LogP contribution in [0, 0.1) is 11.6 Å². The summed E-state index contributed by atoms with van der Waals surface area (Å²) >= 11 is 0. The van der Waals surface area contributed by atoms with E-state index in [0.29, 0.717) is 31.3 Å². The van der Waals surface area contributed by atoms with Crippen molar-refractivity contribution < 1.29 is 41.0 Å². The van der Waals surface area contributed by atoms with E-state index in [1.165, 1.54) is 24.3 Å². The fourth-order valence-electron chi connectivity index (χ4n) is 3.56. The molecule has 1 saturated heterocycles. The monoisotopic (exact) mass is 545 g/mol. The van der Waals surface area contributed by atoms with Crippen molar-refractivity contribution >= 4 is 18.3 Å². The van der Waals surface area contributed by atoms with Crippen molar-refractivity contribution in [1.29, 1.82) is 0 Å². The topological polar surface area (TPSA) is 109 Å². The van der Waals surface area contributed by atoms with Gasteiger partial charge < -0.3 is 29.7 Å². The molecule has 4 rings (SSSR count). The Bertz CT molecular complexity index is 1240. The highest BCUT2D eigenvalue weighted by molar-refractivity contribution is 5.94. The summed E-state index contributed by atoms with van der Waals surface area (Å²) in [5.41, 5.74) is 6.20. The second kappa shape index (κ2) is 12.3. The summed E-state index contributed by atoms with van der Waals surface area (Å²) in [6.45, 7) is -0.939. The minimum atomic E-state index is -3.06. The zero-order valence-corrected chi connectivity index (χ0v) is 20.3. The lowest BCUT2D eigenvalue weighted by molar-refractivity contribution is -0.0520. The SMILES string of the molecule is C[C@H](N)c1oc(-c2ccc(OC(F)F)c(OC3CCOC3)c2)nc1C(=O)NCc1ccc(F)cc1F.Cl. The number of ether oxygens (including phenoxy) is 3. The maximum atomic E-state index is 13.9. The normalized spacial score (nSPS) is 15.8. The van der Waals surface area contributed by atoms with Gasteiger partial charge in [0.25, 0.3) is 5.91 Å². The molecule has 0 spiro atoms. The molecule has 2 atom stereocenters. The zero-order chi connectivity index (χ0) is 25.8. The highest BCUT2D eigenvalue weighted by Gasteiger charge is 2.25. The van der Waals surface area contributed by atoms with E-state index in [2.05, 4.69) is 15.0 Å². The number of amides is 1. The number of benzene rings is 2. The Labute approximate surface area is 215 Å². The van der Waals surface area contributed by atoms with Gasteiger partial charge in [0.2, 0.25) is 5.89 Å². The van der Waals surface area contributed by atoms with Crippen molar-refractivity contribution in [1.82, 2.24) is 10.3 Å². The van der Waals surface area contributed by atoms with Crippen LogP contribution in [0.4, 0.5) is 17.6 Å². The fourth-order valence-corrected chi connectivity index (χ4v) is 3.56. The van der Waals surface area contributed by atoms with Gasteiger partial charge in [-0.3, -0.25) is 4.79 Å². The summed E-state index contributed by atoms with van der Waals surface area (Å²) < 4.78 is 74.1. The number of rotatable bonds is 9. The molecule has 1 unspecified atom stereocenters. The molecule has 3 aromatic rings. The van der Waals surface area contributed by atoms with Crippen molar-refractivity contribution in [3.8, 4) is 23.0 Å². The van der Waals surface area contributed by atoms with E-state index in [1.54, 1.807) is 6.92 Å². The van der Waals surface area contributed by atoms with Gasteiger partial charge in [0.05, 0.1) is 19.3 Å². The molecule has 200 valence electrons. The Morgan fingerprint density at radius 2 is 2.00 bits per heavy atom. The van der Waals surface area contributed by atoms with Gasteiger partial charge in [-0.2, -0.15) is 8.78 Å². The summed E-state index contributed by atoms with van der Waals surface area (Å²) in [6, 6.07) is 6.37. The van der Waals surface area contributed by atoms with Gasteiger partial charge in [-0.1, -0.05) is 6.07 Å². The predicted octanol–water partition coefficient (Wildman–Crippen LogP) is 4.76. The van der Waals surface area contributed by atoms with Crippen LogP contribution in [0.25, 0.3) is 11.5 Å². The largest absolute Gasteiger partial charge is 0.484 e. The minimum Gasteiger partial charge on any atom is -0.484 e. The number of alkyl halides is 2. The van der Waals surface area contributed by atoms with Crippen LogP contribution in [0.5, 0.6) is 11.5 Å². The molecular weight excluding hydrogens is 522 g/mol. The van der Waals surface area contributed by atoms with E-state index in [4.69, 9.17) is 19.6 Å². The molecule has 0 radical (unpaired) electrons. The van der Waals surface area contributed by atoms with Crippen molar-refractivity contribution in [3.63, 3.8) is 0 Å². The lowest BCUT2D eigenvalue weighted by Gasteiger charge is -2.16. The van der Waals surface area contributed by atoms with Crippen LogP contribution in [0.2, 0.25) is 0 Å². The van der Waals surface area contributed by atoms with Gasteiger partial charge in [0.1, 0.15) is 17.7 Å². The van der Waals surface area contributed by atoms with Crippen molar-refractivity contribution in [3.05, 3.63) is 65.1 Å². The summed E-state index contributed by atoms with van der Waals surface area (Å²) in [7, 11) is 0. The molecule has 1 amide bonds. The number of aromatic nitrogens is 1. The maximum absolute atomic E-state index is 13.9. The smallest absolute Gasteiger partial charge is 0.387 e. The molecule has 0 aliphatic carbocycles. The number of oxazole rings is 1. The molecule has 0 bridgehead atoms. The first-order valence-electron chi connectivity index (χ1n) is 11.0. The second-order valence-electron chi connectivity index (χ2n) is 8.08. The van der Waals surface area contributed by atoms with E-state index in [-0.39, 0.29) is 59.5 Å². The van der Waals surface area contributed by atoms with E-state index in [0.717, 1.165) is 6.07 Å². The Hall–Kier alpha value is -3.35. The molecule has 1 aromatic heterocycles. The number of halogens is 5. The van der Waals surface area contributed by atoms with Crippen molar-refractivity contribution in [2.45, 2.75) is 38.6 Å². The maximum Gasteiger partial charge on any atom is 0.387 e. The van der Waals surface area contributed by atoms with Crippen molar-refractivity contribution in [2.75, 3.05) is 13.2 Å². The molecule has 2 aromatic carbocycles. The van der Waals surface area contributed by atoms with Gasteiger partial charge in [-0.15, -0.1) is 12.4 Å². The molecule has 0 saturated carbocycles. The molecule has 2 heterocycles. The van der Waals surface area contributed by atoms with Gasteiger partial charge in [-0.25, -0.2) is 13.8 Å². The summed E-state index contributed by atoms with van der Waals surface area (Å²) in [4.78, 5) is 17.0. The number of nitrogens with two attached hydrogens (primary N) is 1. The molecule has 37 heavy (non-hydrogen) atoms. The second-order valence-corrected chi connectivity index (χ2v) is 8.08. The number of nitrogens with zero attached hydrogens (tertiary/aromatic N) is 1. The third-order valence-corrected chi connectivity index (χ3v) is 5.32. The molecule has 1 aliphatic rings. The van der Waals surface area contributed by atoms with Crippen LogP contribution in [0.3, 0.4) is 0 Å². The van der Waals surface area contributed by atoms with Crippen LogP contribution in [-0.4, -0.2) is 36.8 Å². The number of carbonyl (C=O) groups is 1. The van der Waals surface area contributed by atoms with Gasteiger partial charge in [0, 0.05) is 30.2 Å². The molecule has 8 nitrogen and oxygen atoms in total. The highest BCUT2D eigenvalue weighted by atomic mass is 35.5. The zero-order valence-electron chi connectivity index (χ0n) is 19.5. The molecular formula is C24H24ClF4N3O5. The number of hydrogen-bond donors (Lipinski definition) is 2. The van der Waals surface area contributed by atoms with Gasteiger partial charge in [0.15, 0.2) is 23.0 Å². The first-order valence-corrected chi connectivity index (χ1v) is 11.0. The summed E-state index contributed by atoms with van der Waals surface area (Å²) in [5, 5.41) is 2.50. The quantitative estimate of drug-likeness (QED) is 0.373. The van der Waals surface area contributed by atoms with E-state index < -0.39 is 30.2 Å². The van der Waals surface area contributed by atoms with E-state index >= 15 is 0 Å². The lowest BCUT2D eigenvalue weighted by atomic mass is 10.2. The molecule has 1 fully saturated rings. The molecule has 3 N–H and O–H groups in total. The lowest BCUT2D eigenvalue weighted by Crippen LogP contribution is -2.25. The van der Waals surface area contributed by atoms with E-state index in [1.807, 2.05) is 0 Å². The summed E-state index contributed by atoms with van der Waals surface area (Å²) in [6.07, 6.45) is 0.225. The third kappa shape index (κ3) is 6.90.